The van der Waals surface area contributed by atoms with Crippen molar-refractivity contribution in [2.24, 2.45) is 5.92 Å². The van der Waals surface area contributed by atoms with Crippen molar-refractivity contribution in [1.29, 1.82) is 0 Å². The Bertz CT molecular complexity index is 583. The van der Waals surface area contributed by atoms with Crippen LogP contribution < -0.4 is 5.32 Å². The summed E-state index contributed by atoms with van der Waals surface area (Å²) in [6, 6.07) is 2.60. The average Bonchev–Trinajstić information content (AvgIpc) is 2.48. The van der Waals surface area contributed by atoms with Crippen molar-refractivity contribution in [2.75, 3.05) is 12.8 Å². The SMILES string of the molecule is CNC(CS(=O)(=O)c1ccc(F)c(F)c1)C1CCCCC1. The van der Waals surface area contributed by atoms with Crippen LogP contribution in [0.2, 0.25) is 0 Å². The molecule has 1 atom stereocenters. The number of rotatable bonds is 5. The summed E-state index contributed by atoms with van der Waals surface area (Å²) in [5, 5.41) is 3.08. The van der Waals surface area contributed by atoms with Crippen LogP contribution in [-0.4, -0.2) is 27.3 Å². The quantitative estimate of drug-likeness (QED) is 0.849. The van der Waals surface area contributed by atoms with Crippen LogP contribution in [0.5, 0.6) is 0 Å². The van der Waals surface area contributed by atoms with Crippen LogP contribution in [0.4, 0.5) is 8.78 Å². The van der Waals surface area contributed by atoms with Gasteiger partial charge in [0.05, 0.1) is 10.6 Å². The van der Waals surface area contributed by atoms with Crippen LogP contribution in [0, 0.1) is 17.6 Å². The summed E-state index contributed by atoms with van der Waals surface area (Å²) in [6.07, 6.45) is 5.46. The topological polar surface area (TPSA) is 46.2 Å². The third-order valence-corrected chi connectivity index (χ3v) is 6.01. The molecule has 6 heteroatoms. The molecule has 0 aromatic heterocycles. The Hall–Kier alpha value is -1.01. The maximum atomic E-state index is 13.2. The highest BCUT2D eigenvalue weighted by Crippen LogP contribution is 2.28. The molecule has 0 amide bonds. The van der Waals surface area contributed by atoms with Gasteiger partial charge in [-0.15, -0.1) is 0 Å². The van der Waals surface area contributed by atoms with Crippen LogP contribution >= 0.6 is 0 Å². The lowest BCUT2D eigenvalue weighted by atomic mass is 9.84. The maximum absolute atomic E-state index is 13.2. The van der Waals surface area contributed by atoms with Crippen molar-refractivity contribution in [3.05, 3.63) is 29.8 Å². The van der Waals surface area contributed by atoms with Gasteiger partial charge < -0.3 is 5.32 Å². The molecule has 1 aromatic carbocycles. The van der Waals surface area contributed by atoms with E-state index in [4.69, 9.17) is 0 Å². The van der Waals surface area contributed by atoms with Gasteiger partial charge in [-0.25, -0.2) is 17.2 Å². The van der Waals surface area contributed by atoms with Crippen LogP contribution in [-0.2, 0) is 9.84 Å². The van der Waals surface area contributed by atoms with Gasteiger partial charge in [0.2, 0.25) is 0 Å². The fourth-order valence-corrected chi connectivity index (χ4v) is 4.66. The molecule has 1 fully saturated rings. The normalized spacial score (nSPS) is 18.6. The summed E-state index contributed by atoms with van der Waals surface area (Å²) in [4.78, 5) is -0.155. The standard InChI is InChI=1S/C15H21F2NO2S/c1-18-15(11-5-3-2-4-6-11)10-21(19,20)12-7-8-13(16)14(17)9-12/h7-9,11,15,18H,2-6,10H2,1H3. The second-order valence-electron chi connectivity index (χ2n) is 5.65. The molecular weight excluding hydrogens is 296 g/mol. The third-order valence-electron chi connectivity index (χ3n) is 4.24. The molecule has 0 radical (unpaired) electrons. The van der Waals surface area contributed by atoms with Crippen LogP contribution in [0.1, 0.15) is 32.1 Å². The summed E-state index contributed by atoms with van der Waals surface area (Å²) in [5.41, 5.74) is 0. The first-order valence-corrected chi connectivity index (χ1v) is 8.94. The number of hydrogen-bond donors (Lipinski definition) is 1. The first-order chi connectivity index (χ1) is 9.94. The molecule has 0 bridgehead atoms. The molecule has 1 N–H and O–H groups in total. The van der Waals surface area contributed by atoms with Gasteiger partial charge in [-0.3, -0.25) is 0 Å². The minimum absolute atomic E-state index is 0.0841. The molecule has 0 aliphatic heterocycles. The molecule has 3 nitrogen and oxygen atoms in total. The average molecular weight is 317 g/mol. The molecule has 1 unspecified atom stereocenters. The van der Waals surface area contributed by atoms with Gasteiger partial charge >= 0.3 is 0 Å². The number of sulfone groups is 1. The van der Waals surface area contributed by atoms with Crippen LogP contribution in [0.25, 0.3) is 0 Å². The van der Waals surface area contributed by atoms with E-state index in [0.29, 0.717) is 5.92 Å². The fraction of sp³-hybridized carbons (Fsp3) is 0.600. The zero-order valence-electron chi connectivity index (χ0n) is 12.1. The molecule has 21 heavy (non-hydrogen) atoms. The van der Waals surface area contributed by atoms with E-state index >= 15 is 0 Å². The monoisotopic (exact) mass is 317 g/mol. The largest absolute Gasteiger partial charge is 0.316 e. The Morgan fingerprint density at radius 3 is 2.43 bits per heavy atom. The van der Waals surface area contributed by atoms with E-state index in [1.807, 2.05) is 0 Å². The Balaban J connectivity index is 2.16. The van der Waals surface area contributed by atoms with Crippen LogP contribution in [0.3, 0.4) is 0 Å². The van der Waals surface area contributed by atoms with Crippen LogP contribution in [0.15, 0.2) is 23.1 Å². The number of benzene rings is 1. The highest BCUT2D eigenvalue weighted by atomic mass is 32.2. The van der Waals surface area contributed by atoms with E-state index in [-0.39, 0.29) is 16.7 Å². The van der Waals surface area contributed by atoms with E-state index < -0.39 is 21.5 Å². The van der Waals surface area contributed by atoms with Crippen molar-refractivity contribution in [1.82, 2.24) is 5.32 Å². The van der Waals surface area contributed by atoms with Gasteiger partial charge in [0.25, 0.3) is 0 Å². The third kappa shape index (κ3) is 4.01. The van der Waals surface area contributed by atoms with E-state index in [1.165, 1.54) is 6.42 Å². The molecule has 1 saturated carbocycles. The summed E-state index contributed by atoms with van der Waals surface area (Å²) in [6.45, 7) is 0. The van der Waals surface area contributed by atoms with Gasteiger partial charge in [-0.1, -0.05) is 19.3 Å². The first-order valence-electron chi connectivity index (χ1n) is 7.29. The van der Waals surface area contributed by atoms with Crippen molar-refractivity contribution in [2.45, 2.75) is 43.0 Å². The second kappa shape index (κ2) is 6.83. The summed E-state index contributed by atoms with van der Waals surface area (Å²) in [7, 11) is -1.88. The molecule has 118 valence electrons. The van der Waals surface area contributed by atoms with Gasteiger partial charge in [0, 0.05) is 6.04 Å². The smallest absolute Gasteiger partial charge is 0.180 e. The predicted molar refractivity (Wildman–Crippen MR) is 77.8 cm³/mol. The summed E-state index contributed by atoms with van der Waals surface area (Å²) >= 11 is 0. The van der Waals surface area contributed by atoms with E-state index in [0.717, 1.165) is 43.9 Å². The lowest BCUT2D eigenvalue weighted by Crippen LogP contribution is -2.40. The first kappa shape index (κ1) is 16.4. The summed E-state index contributed by atoms with van der Waals surface area (Å²) < 4.78 is 50.9. The molecule has 1 aliphatic rings. The second-order valence-corrected chi connectivity index (χ2v) is 7.68. The van der Waals surface area contributed by atoms with Crippen molar-refractivity contribution >= 4 is 9.84 Å². The molecule has 2 rings (SSSR count). The van der Waals surface area contributed by atoms with Gasteiger partial charge in [-0.2, -0.15) is 0 Å². The molecule has 0 heterocycles. The Kier molecular flexibility index (Phi) is 5.32. The summed E-state index contributed by atoms with van der Waals surface area (Å²) in [5.74, 6) is -1.93. The molecule has 1 aromatic rings. The number of hydrogen-bond acceptors (Lipinski definition) is 3. The van der Waals surface area contributed by atoms with E-state index in [1.54, 1.807) is 7.05 Å². The zero-order chi connectivity index (χ0) is 15.5. The van der Waals surface area contributed by atoms with Crippen molar-refractivity contribution in [3.63, 3.8) is 0 Å². The number of nitrogens with one attached hydrogen (secondary N) is 1. The van der Waals surface area contributed by atoms with Gasteiger partial charge in [0.15, 0.2) is 21.5 Å². The zero-order valence-corrected chi connectivity index (χ0v) is 12.9. The molecule has 0 spiro atoms. The lowest BCUT2D eigenvalue weighted by molar-refractivity contribution is 0.292. The predicted octanol–water partition coefficient (Wildman–Crippen LogP) is 2.91. The Labute approximate surface area is 124 Å². The fourth-order valence-electron chi connectivity index (χ4n) is 2.99. The minimum Gasteiger partial charge on any atom is -0.316 e. The molecule has 1 aliphatic carbocycles. The maximum Gasteiger partial charge on any atom is 0.180 e. The highest BCUT2D eigenvalue weighted by Gasteiger charge is 2.28. The van der Waals surface area contributed by atoms with Crippen molar-refractivity contribution in [3.8, 4) is 0 Å². The molecular formula is C15H21F2NO2S. The lowest BCUT2D eigenvalue weighted by Gasteiger charge is -2.29. The Morgan fingerprint density at radius 2 is 1.86 bits per heavy atom. The minimum atomic E-state index is -3.63. The van der Waals surface area contributed by atoms with Gasteiger partial charge in [0.1, 0.15) is 0 Å². The van der Waals surface area contributed by atoms with E-state index in [2.05, 4.69) is 5.32 Å². The van der Waals surface area contributed by atoms with Gasteiger partial charge in [-0.05, 0) is 44.0 Å². The highest BCUT2D eigenvalue weighted by molar-refractivity contribution is 7.91. The molecule has 0 saturated heterocycles. The Morgan fingerprint density at radius 1 is 1.19 bits per heavy atom. The number of halogens is 2. The van der Waals surface area contributed by atoms with E-state index in [9.17, 15) is 17.2 Å². The van der Waals surface area contributed by atoms with Crippen molar-refractivity contribution < 1.29 is 17.2 Å².